The monoisotopic (exact) mass is 971 g/mol. The van der Waals surface area contributed by atoms with Crippen molar-refractivity contribution in [2.75, 3.05) is 33.0 Å². The van der Waals surface area contributed by atoms with Crippen LogP contribution in [-0.4, -0.2) is 116 Å². The van der Waals surface area contributed by atoms with Crippen molar-refractivity contribution in [1.29, 1.82) is 0 Å². The number of ether oxygens (including phenoxy) is 7. The lowest BCUT2D eigenvalue weighted by atomic mass is 9.45. The fraction of sp³-hybridized carbons (Fsp3) is 0.611. The molecule has 2 bridgehead atoms. The molecule has 0 aromatic heterocycles. The zero-order valence-electron chi connectivity index (χ0n) is 41.8. The molecule has 380 valence electrons. The van der Waals surface area contributed by atoms with E-state index in [2.05, 4.69) is 5.32 Å². The fourth-order valence-corrected chi connectivity index (χ4v) is 12.0. The number of ketones is 2. The second-order valence-electron chi connectivity index (χ2n) is 21.7. The normalized spacial score (nSPS) is 30.3. The van der Waals surface area contributed by atoms with Gasteiger partial charge in [0.1, 0.15) is 36.2 Å². The van der Waals surface area contributed by atoms with Gasteiger partial charge in [-0.2, -0.15) is 0 Å². The molecule has 1 heterocycles. The lowest BCUT2D eigenvalue weighted by Gasteiger charge is -2.65. The number of hydrogen-bond acceptors (Lipinski definition) is 15. The minimum Gasteiger partial charge on any atom is -0.455 e. The van der Waals surface area contributed by atoms with Crippen molar-refractivity contribution in [3.63, 3.8) is 0 Å². The van der Waals surface area contributed by atoms with Crippen LogP contribution in [0.2, 0.25) is 0 Å². The second kappa shape index (κ2) is 20.4. The zero-order valence-corrected chi connectivity index (χ0v) is 41.8. The van der Waals surface area contributed by atoms with Gasteiger partial charge in [0.2, 0.25) is 12.0 Å². The number of aliphatic hydroxyl groups is 1. The molecule has 5 aliphatic rings. The third-order valence-corrected chi connectivity index (χ3v) is 15.2. The average molecular weight is 972 g/mol. The number of Topliss-reactive ketones (excluding diaryl/α,β-unsaturated/α-hetero) is 2. The molecule has 16 heteroatoms. The summed E-state index contributed by atoms with van der Waals surface area (Å²) in [5.74, 6) is -6.11. The molecule has 16 nitrogen and oxygen atoms in total. The maximum atomic E-state index is 15.8. The lowest BCUT2D eigenvalue weighted by Crippen LogP contribution is -2.74. The fourth-order valence-electron chi connectivity index (χ4n) is 12.0. The topological polar surface area (TPSA) is 216 Å². The van der Waals surface area contributed by atoms with E-state index in [1.54, 1.807) is 81.4 Å². The molecular weight excluding hydrogens is 903 g/mol. The number of benzene rings is 2. The van der Waals surface area contributed by atoms with Gasteiger partial charge in [-0.05, 0) is 73.3 Å². The summed E-state index contributed by atoms with van der Waals surface area (Å²) in [7, 11) is 0. The first-order chi connectivity index (χ1) is 33.0. The van der Waals surface area contributed by atoms with Gasteiger partial charge in [-0.15, -0.1) is 0 Å². The molecular formula is C54H69NO15. The molecule has 11 atom stereocenters. The van der Waals surface area contributed by atoms with Crippen molar-refractivity contribution in [2.24, 2.45) is 33.5 Å². The number of nitrogens with one attached hydrogen (secondary N) is 1. The summed E-state index contributed by atoms with van der Waals surface area (Å²) >= 11 is 0. The Morgan fingerprint density at radius 1 is 0.886 bits per heavy atom. The molecule has 0 radical (unpaired) electrons. The van der Waals surface area contributed by atoms with Gasteiger partial charge in [-0.1, -0.05) is 90.1 Å². The van der Waals surface area contributed by atoms with Gasteiger partial charge >= 0.3 is 23.9 Å². The lowest BCUT2D eigenvalue weighted by molar-refractivity contribution is -0.291. The van der Waals surface area contributed by atoms with E-state index in [9.17, 15) is 29.1 Å². The number of carbonyl (C=O) groups is 7. The first kappa shape index (κ1) is 52.5. The van der Waals surface area contributed by atoms with Crippen LogP contribution in [0.3, 0.4) is 0 Å². The predicted molar refractivity (Wildman–Crippen MR) is 251 cm³/mol. The van der Waals surface area contributed by atoms with Gasteiger partial charge in [0, 0.05) is 55.0 Å². The summed E-state index contributed by atoms with van der Waals surface area (Å²) in [4.78, 5) is 99.4. The van der Waals surface area contributed by atoms with Crippen molar-refractivity contribution >= 4 is 41.4 Å². The first-order valence-corrected chi connectivity index (χ1v) is 24.4. The summed E-state index contributed by atoms with van der Waals surface area (Å²) in [5, 5.41) is 16.9. The molecule has 7 rings (SSSR count). The van der Waals surface area contributed by atoms with E-state index in [4.69, 9.17) is 33.2 Å². The Morgan fingerprint density at radius 2 is 1.54 bits per heavy atom. The summed E-state index contributed by atoms with van der Waals surface area (Å²) in [6, 6.07) is 15.4. The summed E-state index contributed by atoms with van der Waals surface area (Å²) in [6.45, 7) is 15.4. The van der Waals surface area contributed by atoms with Gasteiger partial charge in [0.15, 0.2) is 11.9 Å². The molecule has 4 aliphatic carbocycles. The predicted octanol–water partition coefficient (Wildman–Crippen LogP) is 6.15. The third kappa shape index (κ3) is 10.1. The maximum Gasteiger partial charge on any atom is 0.350 e. The van der Waals surface area contributed by atoms with E-state index >= 15 is 9.59 Å². The largest absolute Gasteiger partial charge is 0.455 e. The van der Waals surface area contributed by atoms with Crippen LogP contribution in [-0.2, 0) is 61.9 Å². The Labute approximate surface area is 409 Å². The highest BCUT2D eigenvalue weighted by molar-refractivity contribution is 5.98. The highest BCUT2D eigenvalue weighted by atomic mass is 16.6. The second-order valence-corrected chi connectivity index (χ2v) is 21.7. The highest BCUT2D eigenvalue weighted by Crippen LogP contribution is 2.77. The molecule has 1 spiro atoms. The Balaban J connectivity index is 1.36. The van der Waals surface area contributed by atoms with E-state index < -0.39 is 118 Å². The van der Waals surface area contributed by atoms with Gasteiger partial charge in [0.05, 0.1) is 31.5 Å². The number of carbonyl (C=O) groups excluding carboxylic acids is 7. The minimum atomic E-state index is -2.22. The maximum absolute atomic E-state index is 15.8. The third-order valence-electron chi connectivity index (χ3n) is 15.2. The van der Waals surface area contributed by atoms with Crippen molar-refractivity contribution in [3.05, 3.63) is 82.9 Å². The zero-order chi connectivity index (χ0) is 51.0. The quantitative estimate of drug-likeness (QED) is 0.0698. The Morgan fingerprint density at radius 3 is 2.14 bits per heavy atom. The van der Waals surface area contributed by atoms with E-state index in [1.807, 2.05) is 27.7 Å². The molecule has 4 fully saturated rings. The summed E-state index contributed by atoms with van der Waals surface area (Å²) < 4.78 is 42.3. The van der Waals surface area contributed by atoms with Crippen molar-refractivity contribution < 1.29 is 71.8 Å². The molecule has 1 aliphatic heterocycles. The Hall–Kier alpha value is -5.29. The van der Waals surface area contributed by atoms with Crippen molar-refractivity contribution in [2.45, 2.75) is 143 Å². The summed E-state index contributed by atoms with van der Waals surface area (Å²) in [5.41, 5.74) is -5.65. The molecule has 2 aromatic carbocycles. The highest BCUT2D eigenvalue weighted by Gasteiger charge is 2.82. The number of amides is 1. The SMILES string of the molecule is CCCOCCOCC(=O)O[C@@H](C(=O)O[C@H]1C[C@@]2(O)[C@@H](OC(=O)c3ccccc3)[C@@H]3[C@]4(CC(C)=O)CO[C@@H]4C[C@@H]4C[C@@]43C(=O)[C@H](OC(C)=O)C(=C1C)C2(C)C)[C@@H](NC(=O)CC(C)(C)C)c1ccccc1. The molecule has 1 amide bonds. The van der Waals surface area contributed by atoms with Crippen LogP contribution >= 0.6 is 0 Å². The molecule has 70 heavy (non-hydrogen) atoms. The van der Waals surface area contributed by atoms with Gasteiger partial charge in [-0.25, -0.2) is 14.4 Å². The summed E-state index contributed by atoms with van der Waals surface area (Å²) in [6.07, 6.45) is -5.85. The van der Waals surface area contributed by atoms with Crippen molar-refractivity contribution in [1.82, 2.24) is 5.32 Å². The number of hydrogen-bond donors (Lipinski definition) is 2. The van der Waals surface area contributed by atoms with E-state index in [-0.39, 0.29) is 61.1 Å². The number of fused-ring (bicyclic) bond motifs is 4. The Kier molecular flexibility index (Phi) is 15.3. The molecule has 2 aromatic rings. The van der Waals surface area contributed by atoms with Crippen LogP contribution in [0.4, 0.5) is 0 Å². The Bertz CT molecular complexity index is 2360. The average Bonchev–Trinajstić information content (AvgIpc) is 4.02. The van der Waals surface area contributed by atoms with Crippen molar-refractivity contribution in [3.8, 4) is 0 Å². The minimum absolute atomic E-state index is 0.0300. The van der Waals surface area contributed by atoms with Crippen LogP contribution in [0.15, 0.2) is 71.8 Å². The smallest absolute Gasteiger partial charge is 0.350 e. The van der Waals surface area contributed by atoms with Gasteiger partial charge in [-0.3, -0.25) is 14.4 Å². The molecule has 3 saturated carbocycles. The number of esters is 4. The van der Waals surface area contributed by atoms with Crippen LogP contribution in [0, 0.1) is 33.5 Å². The molecule has 2 N–H and O–H groups in total. The van der Waals surface area contributed by atoms with Crippen LogP contribution < -0.4 is 5.32 Å². The van der Waals surface area contributed by atoms with Crippen LogP contribution in [0.25, 0.3) is 0 Å². The van der Waals surface area contributed by atoms with E-state index in [1.165, 1.54) is 13.8 Å². The first-order valence-electron chi connectivity index (χ1n) is 24.4. The van der Waals surface area contributed by atoms with Gasteiger partial charge < -0.3 is 48.4 Å². The van der Waals surface area contributed by atoms with Crippen LogP contribution in [0.5, 0.6) is 0 Å². The van der Waals surface area contributed by atoms with Gasteiger partial charge in [0.25, 0.3) is 0 Å². The molecule has 0 unspecified atom stereocenters. The van der Waals surface area contributed by atoms with E-state index in [0.29, 0.717) is 25.0 Å². The van der Waals surface area contributed by atoms with Crippen LogP contribution in [0.1, 0.15) is 123 Å². The van der Waals surface area contributed by atoms with E-state index in [0.717, 1.165) is 6.42 Å². The number of rotatable bonds is 19. The standard InChI is InChI=1S/C54H69NO15/c1-10-21-64-22-23-65-29-40(59)69-44(42(34-17-13-11-14-18-34)55-39(58)28-50(5,6)7)49(62)68-37-27-54(63)47(70-48(61)35-19-15-12-16-20-35)45-52(25-31(2)56)30-66-38(52)24-36-26-53(36,45)46(60)43(67-33(4)57)41(32(37)3)51(54,8)9/h11-20,36-38,42-45,47,63H,10,21-30H2,1-9H3,(H,55,58)/t36-,37+,38-,42+,43-,44-,45-,47+,52-,53-,54-/m1/s1. The molecule has 1 saturated heterocycles.